The number of amides is 1. The van der Waals surface area contributed by atoms with E-state index in [4.69, 9.17) is 0 Å². The zero-order valence-corrected chi connectivity index (χ0v) is 16.4. The van der Waals surface area contributed by atoms with Crippen molar-refractivity contribution in [2.45, 2.75) is 0 Å². The first-order valence-corrected chi connectivity index (χ1v) is 9.74. The van der Waals surface area contributed by atoms with E-state index in [1.165, 1.54) is 0 Å². The first kappa shape index (κ1) is 18.5. The van der Waals surface area contributed by atoms with E-state index in [9.17, 15) is 4.79 Å². The second-order valence-electron chi connectivity index (χ2n) is 6.88. The summed E-state index contributed by atoms with van der Waals surface area (Å²) in [5.41, 5.74) is 4.31. The molecule has 0 unspecified atom stereocenters. The number of imidazole rings is 1. The van der Waals surface area contributed by atoms with E-state index in [2.05, 4.69) is 25.4 Å². The van der Waals surface area contributed by atoms with Crippen molar-refractivity contribution in [1.29, 1.82) is 0 Å². The van der Waals surface area contributed by atoms with E-state index in [0.717, 1.165) is 22.6 Å². The largest absolute Gasteiger partial charge is 0.345 e. The topological polar surface area (TPSA) is 88.5 Å². The Morgan fingerprint density at radius 3 is 2.45 bits per heavy atom. The van der Waals surface area contributed by atoms with Crippen LogP contribution in [0.3, 0.4) is 0 Å². The van der Waals surface area contributed by atoms with Gasteiger partial charge >= 0.3 is 0 Å². The Morgan fingerprint density at radius 2 is 1.74 bits per heavy atom. The molecule has 0 radical (unpaired) electrons. The standard InChI is InChI=1S/C24H18N6O/c31-24(28-19-10-8-17(9-11-19)23-26-13-14-27-23)21-16-30(20-6-2-1-3-7-20)29-22(21)18-5-4-12-25-15-18/h1-16H,(H,26,27)(H,28,31). The van der Waals surface area contributed by atoms with Gasteiger partial charge in [0.2, 0.25) is 0 Å². The number of aromatic amines is 1. The lowest BCUT2D eigenvalue weighted by atomic mass is 10.1. The van der Waals surface area contributed by atoms with Crippen LogP contribution in [0.15, 0.2) is 97.7 Å². The molecule has 0 aliphatic heterocycles. The Balaban J connectivity index is 1.47. The molecule has 0 aliphatic rings. The summed E-state index contributed by atoms with van der Waals surface area (Å²) in [4.78, 5) is 24.6. The molecule has 0 fully saturated rings. The number of carbonyl (C=O) groups excluding carboxylic acids is 1. The summed E-state index contributed by atoms with van der Waals surface area (Å²) in [6, 6.07) is 20.9. The molecule has 0 spiro atoms. The summed E-state index contributed by atoms with van der Waals surface area (Å²) in [5.74, 6) is 0.535. The zero-order valence-electron chi connectivity index (χ0n) is 16.4. The van der Waals surface area contributed by atoms with Gasteiger partial charge in [0.05, 0.1) is 11.3 Å². The van der Waals surface area contributed by atoms with E-state index in [1.807, 2.05) is 66.7 Å². The lowest BCUT2D eigenvalue weighted by Gasteiger charge is -2.06. The second-order valence-corrected chi connectivity index (χ2v) is 6.88. The van der Waals surface area contributed by atoms with Crippen LogP contribution in [0.5, 0.6) is 0 Å². The lowest BCUT2D eigenvalue weighted by Crippen LogP contribution is -2.12. The van der Waals surface area contributed by atoms with Crippen LogP contribution in [0, 0.1) is 0 Å². The number of aromatic nitrogens is 5. The molecule has 5 aromatic rings. The maximum Gasteiger partial charge on any atom is 0.259 e. The molecule has 1 amide bonds. The van der Waals surface area contributed by atoms with Gasteiger partial charge in [-0.3, -0.25) is 9.78 Å². The van der Waals surface area contributed by atoms with Crippen molar-refractivity contribution in [3.05, 3.63) is 103 Å². The first-order chi connectivity index (χ1) is 15.3. The Morgan fingerprint density at radius 1 is 0.903 bits per heavy atom. The van der Waals surface area contributed by atoms with Crippen LogP contribution >= 0.6 is 0 Å². The van der Waals surface area contributed by atoms with Gasteiger partial charge in [-0.2, -0.15) is 5.10 Å². The van der Waals surface area contributed by atoms with Gasteiger partial charge in [-0.1, -0.05) is 18.2 Å². The van der Waals surface area contributed by atoms with Gasteiger partial charge in [0.15, 0.2) is 0 Å². The van der Waals surface area contributed by atoms with Crippen molar-refractivity contribution in [3.8, 4) is 28.3 Å². The number of H-pyrrole nitrogens is 1. The van der Waals surface area contributed by atoms with E-state index >= 15 is 0 Å². The van der Waals surface area contributed by atoms with Crippen LogP contribution in [0.1, 0.15) is 10.4 Å². The highest BCUT2D eigenvalue weighted by Crippen LogP contribution is 2.25. The molecule has 150 valence electrons. The van der Waals surface area contributed by atoms with Crippen molar-refractivity contribution >= 4 is 11.6 Å². The number of pyridine rings is 1. The highest BCUT2D eigenvalue weighted by atomic mass is 16.1. The van der Waals surface area contributed by atoms with Crippen LogP contribution < -0.4 is 5.32 Å². The van der Waals surface area contributed by atoms with Crippen molar-refractivity contribution in [1.82, 2.24) is 24.7 Å². The van der Waals surface area contributed by atoms with Crippen LogP contribution in [-0.2, 0) is 0 Å². The molecule has 2 N–H and O–H groups in total. The smallest absolute Gasteiger partial charge is 0.259 e. The molecule has 0 saturated carbocycles. The van der Waals surface area contributed by atoms with E-state index in [0.29, 0.717) is 16.9 Å². The zero-order chi connectivity index (χ0) is 21.0. The third-order valence-corrected chi connectivity index (χ3v) is 4.83. The second kappa shape index (κ2) is 8.08. The molecule has 7 heteroatoms. The molecule has 0 saturated heterocycles. The summed E-state index contributed by atoms with van der Waals surface area (Å²) in [7, 11) is 0. The van der Waals surface area contributed by atoms with Crippen LogP contribution in [0.4, 0.5) is 5.69 Å². The van der Waals surface area contributed by atoms with Gasteiger partial charge < -0.3 is 10.3 Å². The molecule has 0 atom stereocenters. The third kappa shape index (κ3) is 3.84. The summed E-state index contributed by atoms with van der Waals surface area (Å²) in [6.45, 7) is 0. The third-order valence-electron chi connectivity index (χ3n) is 4.83. The van der Waals surface area contributed by atoms with E-state index < -0.39 is 0 Å². The normalized spacial score (nSPS) is 10.7. The van der Waals surface area contributed by atoms with E-state index in [1.54, 1.807) is 35.7 Å². The molecule has 31 heavy (non-hydrogen) atoms. The lowest BCUT2D eigenvalue weighted by molar-refractivity contribution is 0.102. The average Bonchev–Trinajstić information content (AvgIpc) is 3.52. The quantitative estimate of drug-likeness (QED) is 0.447. The molecular weight excluding hydrogens is 388 g/mol. The minimum Gasteiger partial charge on any atom is -0.345 e. The molecule has 7 nitrogen and oxygen atoms in total. The summed E-state index contributed by atoms with van der Waals surface area (Å²) >= 11 is 0. The molecule has 3 aromatic heterocycles. The monoisotopic (exact) mass is 406 g/mol. The molecule has 0 bridgehead atoms. The summed E-state index contributed by atoms with van der Waals surface area (Å²) < 4.78 is 1.71. The number of nitrogens with zero attached hydrogens (tertiary/aromatic N) is 4. The van der Waals surface area contributed by atoms with Gasteiger partial charge in [0.25, 0.3) is 5.91 Å². The Labute approximate surface area is 178 Å². The van der Waals surface area contributed by atoms with Crippen molar-refractivity contribution in [3.63, 3.8) is 0 Å². The van der Waals surface area contributed by atoms with Gasteiger partial charge in [0, 0.05) is 47.8 Å². The van der Waals surface area contributed by atoms with E-state index in [-0.39, 0.29) is 5.91 Å². The predicted octanol–water partition coefficient (Wildman–Crippen LogP) is 4.58. The maximum absolute atomic E-state index is 13.2. The van der Waals surface area contributed by atoms with Crippen LogP contribution in [0.25, 0.3) is 28.3 Å². The number of hydrogen-bond donors (Lipinski definition) is 2. The predicted molar refractivity (Wildman–Crippen MR) is 119 cm³/mol. The van der Waals surface area contributed by atoms with Crippen molar-refractivity contribution in [2.75, 3.05) is 5.32 Å². The number of nitrogens with one attached hydrogen (secondary N) is 2. The Hall–Kier alpha value is -4.52. The minimum atomic E-state index is -0.244. The number of para-hydroxylation sites is 1. The van der Waals surface area contributed by atoms with Gasteiger partial charge in [-0.25, -0.2) is 9.67 Å². The minimum absolute atomic E-state index is 0.244. The highest BCUT2D eigenvalue weighted by molar-refractivity contribution is 6.08. The number of carbonyl (C=O) groups is 1. The summed E-state index contributed by atoms with van der Waals surface area (Å²) in [6.07, 6.45) is 8.61. The van der Waals surface area contributed by atoms with Crippen LogP contribution in [-0.4, -0.2) is 30.6 Å². The highest BCUT2D eigenvalue weighted by Gasteiger charge is 2.19. The SMILES string of the molecule is O=C(Nc1ccc(-c2ncc[nH]2)cc1)c1cn(-c2ccccc2)nc1-c1cccnc1. The molecular formula is C24H18N6O. The van der Waals surface area contributed by atoms with Gasteiger partial charge in [-0.05, 0) is 48.5 Å². The number of benzene rings is 2. The van der Waals surface area contributed by atoms with Crippen LogP contribution in [0.2, 0.25) is 0 Å². The number of rotatable bonds is 5. The molecule has 0 aliphatic carbocycles. The number of hydrogen-bond acceptors (Lipinski definition) is 4. The fraction of sp³-hybridized carbons (Fsp3) is 0. The average molecular weight is 406 g/mol. The summed E-state index contributed by atoms with van der Waals surface area (Å²) in [5, 5.41) is 7.63. The Bertz CT molecular complexity index is 1290. The Kier molecular flexibility index (Phi) is 4.82. The first-order valence-electron chi connectivity index (χ1n) is 9.74. The number of anilines is 1. The van der Waals surface area contributed by atoms with Gasteiger partial charge in [-0.15, -0.1) is 0 Å². The van der Waals surface area contributed by atoms with Gasteiger partial charge in [0.1, 0.15) is 11.5 Å². The van der Waals surface area contributed by atoms with Crippen molar-refractivity contribution in [2.24, 2.45) is 0 Å². The van der Waals surface area contributed by atoms with Crippen molar-refractivity contribution < 1.29 is 4.79 Å². The molecule has 2 aromatic carbocycles. The maximum atomic E-state index is 13.2. The fourth-order valence-electron chi connectivity index (χ4n) is 3.30. The molecule has 3 heterocycles. The fourth-order valence-corrected chi connectivity index (χ4v) is 3.30. The molecule has 5 rings (SSSR count).